The number of aryl methyl sites for hydroxylation is 1. The lowest BCUT2D eigenvalue weighted by molar-refractivity contribution is 0.379. The maximum absolute atomic E-state index is 5.19. The van der Waals surface area contributed by atoms with Crippen LogP contribution in [0.3, 0.4) is 0 Å². The topological polar surface area (TPSA) is 89.6 Å². The van der Waals surface area contributed by atoms with E-state index in [1.54, 1.807) is 24.2 Å². The van der Waals surface area contributed by atoms with Gasteiger partial charge >= 0.3 is 0 Å². The normalized spacial score (nSPS) is 10.7. The first-order valence-corrected chi connectivity index (χ1v) is 8.44. The Balaban J connectivity index is 1.73. The summed E-state index contributed by atoms with van der Waals surface area (Å²) >= 11 is 1.65. The molecular formula is C15H16N6OS. The molecule has 0 atom stereocenters. The SMILES string of the molecule is CSCc1noc(CNc2cc(C)nc(-c3cccnc3)n2)n1. The van der Waals surface area contributed by atoms with E-state index in [0.717, 1.165) is 17.0 Å². The second kappa shape index (κ2) is 7.19. The van der Waals surface area contributed by atoms with E-state index in [1.807, 2.05) is 31.4 Å². The van der Waals surface area contributed by atoms with Crippen molar-refractivity contribution in [3.63, 3.8) is 0 Å². The molecule has 0 saturated heterocycles. The predicted octanol–water partition coefficient (Wildman–Crippen LogP) is 2.71. The van der Waals surface area contributed by atoms with Crippen LogP contribution in [0.1, 0.15) is 17.4 Å². The zero-order valence-electron chi connectivity index (χ0n) is 12.9. The summed E-state index contributed by atoms with van der Waals surface area (Å²) in [6, 6.07) is 5.66. The van der Waals surface area contributed by atoms with Crippen molar-refractivity contribution in [3.05, 3.63) is 48.0 Å². The van der Waals surface area contributed by atoms with Crippen molar-refractivity contribution in [3.8, 4) is 11.4 Å². The van der Waals surface area contributed by atoms with E-state index in [1.165, 1.54) is 0 Å². The number of anilines is 1. The second-order valence-corrected chi connectivity index (χ2v) is 5.72. The van der Waals surface area contributed by atoms with Gasteiger partial charge in [-0.15, -0.1) is 0 Å². The number of rotatable bonds is 6. The van der Waals surface area contributed by atoms with E-state index in [0.29, 0.717) is 29.9 Å². The summed E-state index contributed by atoms with van der Waals surface area (Å²) in [6.45, 7) is 2.35. The molecule has 8 heteroatoms. The number of hydrogen-bond acceptors (Lipinski definition) is 8. The van der Waals surface area contributed by atoms with E-state index in [-0.39, 0.29) is 0 Å². The Morgan fingerprint density at radius 1 is 1.26 bits per heavy atom. The van der Waals surface area contributed by atoms with Crippen LogP contribution in [0.4, 0.5) is 5.82 Å². The van der Waals surface area contributed by atoms with E-state index in [2.05, 4.69) is 30.4 Å². The monoisotopic (exact) mass is 328 g/mol. The standard InChI is InChI=1S/C15H16N6OS/c1-10-6-12(17-8-14-19-13(9-23-2)21-22-14)20-15(18-10)11-4-3-5-16-7-11/h3-7H,8-9H2,1-2H3,(H,17,18,20). The minimum absolute atomic E-state index is 0.421. The Kier molecular flexibility index (Phi) is 4.82. The fraction of sp³-hybridized carbons (Fsp3) is 0.267. The molecule has 0 bridgehead atoms. The van der Waals surface area contributed by atoms with Crippen molar-refractivity contribution >= 4 is 17.6 Å². The summed E-state index contributed by atoms with van der Waals surface area (Å²) in [6.07, 6.45) is 5.46. The Hall–Kier alpha value is -2.48. The second-order valence-electron chi connectivity index (χ2n) is 4.85. The first-order chi connectivity index (χ1) is 11.2. The van der Waals surface area contributed by atoms with Gasteiger partial charge in [-0.2, -0.15) is 16.7 Å². The van der Waals surface area contributed by atoms with Gasteiger partial charge in [0.25, 0.3) is 0 Å². The third-order valence-corrected chi connectivity index (χ3v) is 3.53. The van der Waals surface area contributed by atoms with Gasteiger partial charge in [-0.3, -0.25) is 4.98 Å². The number of nitrogens with one attached hydrogen (secondary N) is 1. The predicted molar refractivity (Wildman–Crippen MR) is 88.8 cm³/mol. The van der Waals surface area contributed by atoms with Crippen LogP contribution in [0.15, 0.2) is 35.1 Å². The molecule has 0 fully saturated rings. The fourth-order valence-corrected chi connectivity index (χ4v) is 2.37. The van der Waals surface area contributed by atoms with Crippen molar-refractivity contribution in [1.82, 2.24) is 25.1 Å². The Morgan fingerprint density at radius 2 is 2.17 bits per heavy atom. The molecule has 0 aliphatic carbocycles. The van der Waals surface area contributed by atoms with E-state index in [4.69, 9.17) is 4.52 Å². The molecule has 0 aliphatic rings. The maximum atomic E-state index is 5.19. The highest BCUT2D eigenvalue weighted by Crippen LogP contribution is 2.17. The first kappa shape index (κ1) is 15.4. The van der Waals surface area contributed by atoms with Crippen LogP contribution in [0.25, 0.3) is 11.4 Å². The van der Waals surface area contributed by atoms with Crippen molar-refractivity contribution in [2.45, 2.75) is 19.2 Å². The van der Waals surface area contributed by atoms with Gasteiger partial charge in [0.1, 0.15) is 5.82 Å². The van der Waals surface area contributed by atoms with Crippen LogP contribution in [0, 0.1) is 6.92 Å². The molecule has 3 heterocycles. The molecule has 3 rings (SSSR count). The number of thioether (sulfide) groups is 1. The van der Waals surface area contributed by atoms with E-state index < -0.39 is 0 Å². The van der Waals surface area contributed by atoms with Gasteiger partial charge in [0, 0.05) is 29.7 Å². The molecule has 118 valence electrons. The van der Waals surface area contributed by atoms with Crippen LogP contribution in [-0.4, -0.2) is 31.3 Å². The molecular weight excluding hydrogens is 312 g/mol. The van der Waals surface area contributed by atoms with Crippen molar-refractivity contribution < 1.29 is 4.52 Å². The van der Waals surface area contributed by atoms with Gasteiger partial charge in [-0.25, -0.2) is 9.97 Å². The molecule has 7 nitrogen and oxygen atoms in total. The Labute approximate surface area is 138 Å². The van der Waals surface area contributed by atoms with Crippen molar-refractivity contribution in [2.24, 2.45) is 0 Å². The van der Waals surface area contributed by atoms with E-state index >= 15 is 0 Å². The van der Waals surface area contributed by atoms with Crippen LogP contribution < -0.4 is 5.32 Å². The molecule has 23 heavy (non-hydrogen) atoms. The van der Waals surface area contributed by atoms with Gasteiger partial charge < -0.3 is 9.84 Å². The number of hydrogen-bond donors (Lipinski definition) is 1. The summed E-state index contributed by atoms with van der Waals surface area (Å²) in [5.41, 5.74) is 1.74. The van der Waals surface area contributed by atoms with Crippen LogP contribution >= 0.6 is 11.8 Å². The average Bonchev–Trinajstić information content (AvgIpc) is 3.01. The van der Waals surface area contributed by atoms with Crippen LogP contribution in [-0.2, 0) is 12.3 Å². The largest absolute Gasteiger partial charge is 0.361 e. The molecule has 0 aliphatic heterocycles. The summed E-state index contributed by atoms with van der Waals surface area (Å²) < 4.78 is 5.19. The lowest BCUT2D eigenvalue weighted by Crippen LogP contribution is -2.04. The zero-order valence-corrected chi connectivity index (χ0v) is 13.7. The van der Waals surface area contributed by atoms with E-state index in [9.17, 15) is 0 Å². The molecule has 0 saturated carbocycles. The highest BCUT2D eigenvalue weighted by molar-refractivity contribution is 7.97. The highest BCUT2D eigenvalue weighted by Gasteiger charge is 2.08. The molecule has 0 unspecified atom stereocenters. The quantitative estimate of drug-likeness (QED) is 0.739. The minimum atomic E-state index is 0.421. The number of nitrogens with zero attached hydrogens (tertiary/aromatic N) is 5. The molecule has 0 amide bonds. The molecule has 0 radical (unpaired) electrons. The van der Waals surface area contributed by atoms with Gasteiger partial charge in [-0.1, -0.05) is 5.16 Å². The third-order valence-electron chi connectivity index (χ3n) is 2.98. The average molecular weight is 328 g/mol. The molecule has 0 spiro atoms. The first-order valence-electron chi connectivity index (χ1n) is 7.05. The Morgan fingerprint density at radius 3 is 2.96 bits per heavy atom. The highest BCUT2D eigenvalue weighted by atomic mass is 32.2. The molecule has 3 aromatic heterocycles. The zero-order chi connectivity index (χ0) is 16.1. The van der Waals surface area contributed by atoms with Gasteiger partial charge in [-0.05, 0) is 25.3 Å². The summed E-state index contributed by atoms with van der Waals surface area (Å²) in [5, 5.41) is 7.11. The van der Waals surface area contributed by atoms with Crippen molar-refractivity contribution in [1.29, 1.82) is 0 Å². The molecule has 1 N–H and O–H groups in total. The van der Waals surface area contributed by atoms with Crippen LogP contribution in [0.5, 0.6) is 0 Å². The van der Waals surface area contributed by atoms with Gasteiger partial charge in [0.05, 0.1) is 12.3 Å². The maximum Gasteiger partial charge on any atom is 0.246 e. The molecule has 3 aromatic rings. The molecule has 0 aromatic carbocycles. The summed E-state index contributed by atoms with van der Waals surface area (Å²) in [7, 11) is 0. The third kappa shape index (κ3) is 4.04. The smallest absolute Gasteiger partial charge is 0.246 e. The van der Waals surface area contributed by atoms with Gasteiger partial charge in [0.15, 0.2) is 11.6 Å². The number of aromatic nitrogens is 5. The fourth-order valence-electron chi connectivity index (χ4n) is 2.00. The lowest BCUT2D eigenvalue weighted by Gasteiger charge is -2.06. The van der Waals surface area contributed by atoms with Crippen LogP contribution in [0.2, 0.25) is 0 Å². The number of pyridine rings is 1. The summed E-state index contributed by atoms with van der Waals surface area (Å²) in [4.78, 5) is 17.4. The lowest BCUT2D eigenvalue weighted by atomic mass is 10.2. The Bertz CT molecular complexity index is 777. The summed E-state index contributed by atoms with van der Waals surface area (Å²) in [5.74, 6) is 3.31. The van der Waals surface area contributed by atoms with Gasteiger partial charge in [0.2, 0.25) is 5.89 Å². The van der Waals surface area contributed by atoms with Crippen molar-refractivity contribution in [2.75, 3.05) is 11.6 Å². The minimum Gasteiger partial charge on any atom is -0.361 e.